The monoisotopic (exact) mass is 284 g/mol. The van der Waals surface area contributed by atoms with Crippen LogP contribution in [0.5, 0.6) is 0 Å². The van der Waals surface area contributed by atoms with Crippen molar-refractivity contribution in [2.75, 3.05) is 5.32 Å². The third-order valence-electron chi connectivity index (χ3n) is 2.54. The standard InChI is InChI=1S/C11H13BrN2O2/c1-7-4-5-9(16-7)11(15)14-8-3-2-6-13-10(8)12/h2-3,6-7,9H,4-5H2,1H3,(H,14,15). The predicted molar refractivity (Wildman–Crippen MR) is 64.1 cm³/mol. The van der Waals surface area contributed by atoms with E-state index in [4.69, 9.17) is 4.74 Å². The van der Waals surface area contributed by atoms with E-state index in [1.54, 1.807) is 18.3 Å². The molecule has 16 heavy (non-hydrogen) atoms. The molecule has 86 valence electrons. The second-order valence-electron chi connectivity index (χ2n) is 3.84. The van der Waals surface area contributed by atoms with Gasteiger partial charge in [0, 0.05) is 6.20 Å². The van der Waals surface area contributed by atoms with Crippen molar-refractivity contribution in [3.05, 3.63) is 22.9 Å². The van der Waals surface area contributed by atoms with E-state index < -0.39 is 0 Å². The summed E-state index contributed by atoms with van der Waals surface area (Å²) in [6.07, 6.45) is 3.22. The van der Waals surface area contributed by atoms with Crippen molar-refractivity contribution in [3.63, 3.8) is 0 Å². The van der Waals surface area contributed by atoms with E-state index in [-0.39, 0.29) is 18.1 Å². The van der Waals surface area contributed by atoms with E-state index >= 15 is 0 Å². The number of hydrogen-bond acceptors (Lipinski definition) is 3. The van der Waals surface area contributed by atoms with E-state index in [0.29, 0.717) is 10.3 Å². The van der Waals surface area contributed by atoms with Gasteiger partial charge in [0.25, 0.3) is 5.91 Å². The number of pyridine rings is 1. The zero-order valence-corrected chi connectivity index (χ0v) is 10.5. The fraction of sp³-hybridized carbons (Fsp3) is 0.455. The largest absolute Gasteiger partial charge is 0.365 e. The topological polar surface area (TPSA) is 51.2 Å². The fourth-order valence-electron chi connectivity index (χ4n) is 1.69. The molecule has 2 heterocycles. The molecule has 1 aromatic rings. The number of hydrogen-bond donors (Lipinski definition) is 1. The zero-order valence-electron chi connectivity index (χ0n) is 8.94. The molecule has 2 unspecified atom stereocenters. The van der Waals surface area contributed by atoms with Crippen LogP contribution >= 0.6 is 15.9 Å². The Balaban J connectivity index is 2.00. The number of nitrogens with one attached hydrogen (secondary N) is 1. The van der Waals surface area contributed by atoms with Crippen molar-refractivity contribution in [1.29, 1.82) is 0 Å². The Morgan fingerprint density at radius 3 is 3.06 bits per heavy atom. The maximum Gasteiger partial charge on any atom is 0.253 e. The normalized spacial score (nSPS) is 24.4. The van der Waals surface area contributed by atoms with Crippen LogP contribution < -0.4 is 5.32 Å². The molecule has 0 radical (unpaired) electrons. The van der Waals surface area contributed by atoms with Crippen LogP contribution in [0.4, 0.5) is 5.69 Å². The minimum atomic E-state index is -0.331. The molecule has 0 aliphatic carbocycles. The Morgan fingerprint density at radius 2 is 2.44 bits per heavy atom. The maximum absolute atomic E-state index is 11.8. The highest BCUT2D eigenvalue weighted by molar-refractivity contribution is 9.10. The average Bonchev–Trinajstić information content (AvgIpc) is 2.68. The first kappa shape index (κ1) is 11.5. The molecule has 0 bridgehead atoms. The molecule has 5 heteroatoms. The second-order valence-corrected chi connectivity index (χ2v) is 4.59. The SMILES string of the molecule is CC1CCC(C(=O)Nc2cccnc2Br)O1. The number of nitrogens with zero attached hydrogens (tertiary/aromatic N) is 1. The smallest absolute Gasteiger partial charge is 0.253 e. The highest BCUT2D eigenvalue weighted by Crippen LogP contribution is 2.23. The molecule has 2 rings (SSSR count). The summed E-state index contributed by atoms with van der Waals surface area (Å²) < 4.78 is 6.12. The zero-order chi connectivity index (χ0) is 11.5. The van der Waals surface area contributed by atoms with Gasteiger partial charge in [-0.15, -0.1) is 0 Å². The lowest BCUT2D eigenvalue weighted by Crippen LogP contribution is -2.27. The maximum atomic E-state index is 11.8. The van der Waals surface area contributed by atoms with Crippen LogP contribution in [0.2, 0.25) is 0 Å². The number of rotatable bonds is 2. The van der Waals surface area contributed by atoms with E-state index in [2.05, 4.69) is 26.2 Å². The number of amides is 1. The van der Waals surface area contributed by atoms with Crippen molar-refractivity contribution >= 4 is 27.5 Å². The molecule has 1 amide bonds. The third kappa shape index (κ3) is 2.59. The van der Waals surface area contributed by atoms with E-state index in [1.165, 1.54) is 0 Å². The summed E-state index contributed by atoms with van der Waals surface area (Å²) in [6.45, 7) is 1.98. The fourth-order valence-corrected chi connectivity index (χ4v) is 2.04. The van der Waals surface area contributed by atoms with Gasteiger partial charge in [-0.2, -0.15) is 0 Å². The van der Waals surface area contributed by atoms with E-state index in [9.17, 15) is 4.79 Å². The lowest BCUT2D eigenvalue weighted by Gasteiger charge is -2.12. The molecule has 0 spiro atoms. The van der Waals surface area contributed by atoms with Crippen LogP contribution in [0.15, 0.2) is 22.9 Å². The van der Waals surface area contributed by atoms with Crippen LogP contribution in [0.25, 0.3) is 0 Å². The van der Waals surface area contributed by atoms with Crippen LogP contribution in [0.1, 0.15) is 19.8 Å². The first-order valence-electron chi connectivity index (χ1n) is 5.23. The van der Waals surface area contributed by atoms with Crippen molar-refractivity contribution in [1.82, 2.24) is 4.98 Å². The summed E-state index contributed by atoms with van der Waals surface area (Å²) in [5.41, 5.74) is 0.677. The molecule has 2 atom stereocenters. The summed E-state index contributed by atoms with van der Waals surface area (Å²) in [5.74, 6) is -0.0990. The highest BCUT2D eigenvalue weighted by Gasteiger charge is 2.28. The molecule has 1 aliphatic heterocycles. The summed E-state index contributed by atoms with van der Waals surface area (Å²) in [4.78, 5) is 15.9. The molecule has 1 N–H and O–H groups in total. The number of carbonyl (C=O) groups excluding carboxylic acids is 1. The first-order valence-corrected chi connectivity index (χ1v) is 6.03. The number of aromatic nitrogens is 1. The van der Waals surface area contributed by atoms with E-state index in [0.717, 1.165) is 12.8 Å². The molecule has 1 aliphatic rings. The molecule has 1 saturated heterocycles. The quantitative estimate of drug-likeness (QED) is 0.849. The number of ether oxygens (including phenoxy) is 1. The van der Waals surface area contributed by atoms with Gasteiger partial charge in [-0.25, -0.2) is 4.98 Å². The molecule has 0 aromatic carbocycles. The van der Waals surface area contributed by atoms with Gasteiger partial charge in [0.05, 0.1) is 11.8 Å². The van der Waals surface area contributed by atoms with Crippen molar-refractivity contribution in [3.8, 4) is 0 Å². The molecule has 0 saturated carbocycles. The summed E-state index contributed by atoms with van der Waals surface area (Å²) >= 11 is 3.28. The van der Waals surface area contributed by atoms with Gasteiger partial charge in [0.1, 0.15) is 10.7 Å². The van der Waals surface area contributed by atoms with Crippen molar-refractivity contribution in [2.24, 2.45) is 0 Å². The molecule has 1 fully saturated rings. The molecule has 1 aromatic heterocycles. The number of halogens is 1. The minimum Gasteiger partial charge on any atom is -0.365 e. The molecule has 4 nitrogen and oxygen atoms in total. The van der Waals surface area contributed by atoms with Crippen molar-refractivity contribution < 1.29 is 9.53 Å². The van der Waals surface area contributed by atoms with Gasteiger partial charge in [-0.05, 0) is 47.8 Å². The van der Waals surface area contributed by atoms with Crippen molar-refractivity contribution in [2.45, 2.75) is 32.0 Å². The Kier molecular flexibility index (Phi) is 3.56. The van der Waals surface area contributed by atoms with Crippen LogP contribution in [-0.2, 0) is 9.53 Å². The number of anilines is 1. The first-order chi connectivity index (χ1) is 7.66. The third-order valence-corrected chi connectivity index (χ3v) is 3.17. The van der Waals surface area contributed by atoms with Crippen LogP contribution in [0.3, 0.4) is 0 Å². The van der Waals surface area contributed by atoms with Crippen LogP contribution in [0, 0.1) is 0 Å². The van der Waals surface area contributed by atoms with Gasteiger partial charge >= 0.3 is 0 Å². The second kappa shape index (κ2) is 4.93. The van der Waals surface area contributed by atoms with Gasteiger partial charge < -0.3 is 10.1 Å². The molecular weight excluding hydrogens is 272 g/mol. The Bertz CT molecular complexity index is 397. The Labute approximate surface area is 103 Å². The van der Waals surface area contributed by atoms with Gasteiger partial charge in [-0.1, -0.05) is 0 Å². The van der Waals surface area contributed by atoms with E-state index in [1.807, 2.05) is 6.92 Å². The van der Waals surface area contributed by atoms with Gasteiger partial charge in [0.15, 0.2) is 0 Å². The summed E-state index contributed by atoms with van der Waals surface area (Å²) in [5, 5.41) is 2.80. The lowest BCUT2D eigenvalue weighted by molar-refractivity contribution is -0.126. The van der Waals surface area contributed by atoms with Gasteiger partial charge in [0.2, 0.25) is 0 Å². The number of carbonyl (C=O) groups is 1. The van der Waals surface area contributed by atoms with Gasteiger partial charge in [-0.3, -0.25) is 4.79 Å². The Morgan fingerprint density at radius 1 is 1.62 bits per heavy atom. The minimum absolute atomic E-state index is 0.0990. The highest BCUT2D eigenvalue weighted by atomic mass is 79.9. The van der Waals surface area contributed by atoms with Crippen LogP contribution in [-0.4, -0.2) is 23.1 Å². The summed E-state index contributed by atoms with van der Waals surface area (Å²) in [7, 11) is 0. The molecular formula is C11H13BrN2O2. The Hall–Kier alpha value is -0.940. The summed E-state index contributed by atoms with van der Waals surface area (Å²) in [6, 6.07) is 3.58. The lowest BCUT2D eigenvalue weighted by atomic mass is 10.2. The predicted octanol–water partition coefficient (Wildman–Crippen LogP) is 2.35. The average molecular weight is 285 g/mol.